The van der Waals surface area contributed by atoms with E-state index in [1.54, 1.807) is 17.8 Å². The number of para-hydroxylation sites is 1. The molecular formula is C13H15F2N3. The van der Waals surface area contributed by atoms with E-state index in [0.29, 0.717) is 12.1 Å². The SMILES string of the molecule is CCNC(c1cnn(-c2ccccc2)c1)C(F)F. The Labute approximate surface area is 104 Å². The molecule has 2 rings (SSSR count). The van der Waals surface area contributed by atoms with Gasteiger partial charge < -0.3 is 5.32 Å². The van der Waals surface area contributed by atoms with Gasteiger partial charge in [-0.15, -0.1) is 0 Å². The average Bonchev–Trinajstić information content (AvgIpc) is 2.86. The molecule has 2 aromatic rings. The molecule has 0 saturated carbocycles. The van der Waals surface area contributed by atoms with Crippen molar-refractivity contribution in [1.82, 2.24) is 15.1 Å². The van der Waals surface area contributed by atoms with Crippen LogP contribution in [-0.2, 0) is 0 Å². The fraction of sp³-hybridized carbons (Fsp3) is 0.308. The highest BCUT2D eigenvalue weighted by Crippen LogP contribution is 2.21. The summed E-state index contributed by atoms with van der Waals surface area (Å²) in [6, 6.07) is 8.45. The zero-order valence-electron chi connectivity index (χ0n) is 10.1. The molecule has 0 aliphatic heterocycles. The summed E-state index contributed by atoms with van der Waals surface area (Å²) in [5.74, 6) is 0. The maximum Gasteiger partial charge on any atom is 0.257 e. The maximum atomic E-state index is 12.9. The first-order valence-electron chi connectivity index (χ1n) is 5.84. The molecule has 5 heteroatoms. The second-order valence-corrected chi connectivity index (χ2v) is 3.92. The van der Waals surface area contributed by atoms with Gasteiger partial charge in [-0.2, -0.15) is 5.10 Å². The van der Waals surface area contributed by atoms with Gasteiger partial charge >= 0.3 is 0 Å². The molecule has 0 spiro atoms. The summed E-state index contributed by atoms with van der Waals surface area (Å²) in [5.41, 5.74) is 1.35. The fourth-order valence-corrected chi connectivity index (χ4v) is 1.79. The van der Waals surface area contributed by atoms with E-state index in [4.69, 9.17) is 0 Å². The lowest BCUT2D eigenvalue weighted by Crippen LogP contribution is -2.26. The summed E-state index contributed by atoms with van der Waals surface area (Å²) in [4.78, 5) is 0. The summed E-state index contributed by atoms with van der Waals surface area (Å²) >= 11 is 0. The van der Waals surface area contributed by atoms with E-state index in [1.807, 2.05) is 30.3 Å². The van der Waals surface area contributed by atoms with Crippen LogP contribution < -0.4 is 5.32 Å². The van der Waals surface area contributed by atoms with Crippen LogP contribution in [0.15, 0.2) is 42.7 Å². The molecule has 18 heavy (non-hydrogen) atoms. The summed E-state index contributed by atoms with van der Waals surface area (Å²) in [6.07, 6.45) is 0.666. The third-order valence-electron chi connectivity index (χ3n) is 2.66. The molecule has 1 aromatic carbocycles. The Kier molecular flexibility index (Phi) is 4.04. The van der Waals surface area contributed by atoms with Crippen LogP contribution in [0.2, 0.25) is 0 Å². The number of benzene rings is 1. The highest BCUT2D eigenvalue weighted by atomic mass is 19.3. The van der Waals surface area contributed by atoms with Crippen LogP contribution in [0.3, 0.4) is 0 Å². The van der Waals surface area contributed by atoms with Gasteiger partial charge in [-0.3, -0.25) is 0 Å². The molecule has 0 aliphatic rings. The standard InChI is InChI=1S/C13H15F2N3/c1-2-16-12(13(14)15)10-8-17-18(9-10)11-6-4-3-5-7-11/h3-9,12-13,16H,2H2,1H3. The average molecular weight is 251 g/mol. The minimum atomic E-state index is -2.45. The molecule has 96 valence electrons. The van der Waals surface area contributed by atoms with Gasteiger partial charge in [0.25, 0.3) is 6.43 Å². The van der Waals surface area contributed by atoms with Crippen molar-refractivity contribution < 1.29 is 8.78 Å². The lowest BCUT2D eigenvalue weighted by Gasteiger charge is -2.14. The quantitative estimate of drug-likeness (QED) is 0.885. The Morgan fingerprint density at radius 1 is 1.28 bits per heavy atom. The first-order chi connectivity index (χ1) is 8.72. The number of nitrogens with one attached hydrogen (secondary N) is 1. The summed E-state index contributed by atoms with van der Waals surface area (Å²) < 4.78 is 27.4. The highest BCUT2D eigenvalue weighted by molar-refractivity contribution is 5.31. The predicted molar refractivity (Wildman–Crippen MR) is 66.0 cm³/mol. The lowest BCUT2D eigenvalue weighted by atomic mass is 10.1. The predicted octanol–water partition coefficient (Wildman–Crippen LogP) is 2.79. The minimum absolute atomic E-state index is 0.492. The monoisotopic (exact) mass is 251 g/mol. The minimum Gasteiger partial charge on any atom is -0.305 e. The first kappa shape index (κ1) is 12.7. The second kappa shape index (κ2) is 5.73. The molecule has 0 radical (unpaired) electrons. The Morgan fingerprint density at radius 2 is 2.00 bits per heavy atom. The van der Waals surface area contributed by atoms with Gasteiger partial charge in [0.15, 0.2) is 0 Å². The van der Waals surface area contributed by atoms with Gasteiger partial charge in [-0.05, 0) is 18.7 Å². The summed E-state index contributed by atoms with van der Waals surface area (Å²) in [7, 11) is 0. The van der Waals surface area contributed by atoms with Crippen LogP contribution in [0.25, 0.3) is 5.69 Å². The van der Waals surface area contributed by atoms with E-state index in [2.05, 4.69) is 10.4 Å². The Hall–Kier alpha value is -1.75. The summed E-state index contributed by atoms with van der Waals surface area (Å²) in [5, 5.41) is 6.88. The van der Waals surface area contributed by atoms with E-state index in [0.717, 1.165) is 5.69 Å². The van der Waals surface area contributed by atoms with E-state index in [9.17, 15) is 8.78 Å². The zero-order chi connectivity index (χ0) is 13.0. The number of rotatable bonds is 5. The van der Waals surface area contributed by atoms with Crippen molar-refractivity contribution in [1.29, 1.82) is 0 Å². The smallest absolute Gasteiger partial charge is 0.257 e. The van der Waals surface area contributed by atoms with Gasteiger partial charge in [0, 0.05) is 11.8 Å². The van der Waals surface area contributed by atoms with Crippen molar-refractivity contribution in [3.8, 4) is 5.69 Å². The molecule has 1 unspecified atom stereocenters. The van der Waals surface area contributed by atoms with E-state index in [-0.39, 0.29) is 0 Å². The molecule has 0 fully saturated rings. The van der Waals surface area contributed by atoms with Crippen LogP contribution in [-0.4, -0.2) is 22.8 Å². The van der Waals surface area contributed by atoms with Crippen molar-refractivity contribution in [2.75, 3.05) is 6.54 Å². The topological polar surface area (TPSA) is 29.9 Å². The third-order valence-corrected chi connectivity index (χ3v) is 2.66. The molecular weight excluding hydrogens is 236 g/mol. The molecule has 3 nitrogen and oxygen atoms in total. The van der Waals surface area contributed by atoms with Crippen molar-refractivity contribution in [2.24, 2.45) is 0 Å². The number of aromatic nitrogens is 2. The Morgan fingerprint density at radius 3 is 2.61 bits per heavy atom. The summed E-state index contributed by atoms with van der Waals surface area (Å²) in [6.45, 7) is 2.29. The van der Waals surface area contributed by atoms with Crippen LogP contribution in [0, 0.1) is 0 Å². The van der Waals surface area contributed by atoms with Gasteiger partial charge in [0.05, 0.1) is 17.9 Å². The zero-order valence-corrected chi connectivity index (χ0v) is 10.1. The molecule has 0 amide bonds. The molecule has 1 N–H and O–H groups in total. The highest BCUT2D eigenvalue weighted by Gasteiger charge is 2.22. The molecule has 1 aromatic heterocycles. The number of nitrogens with zero attached hydrogens (tertiary/aromatic N) is 2. The number of alkyl halides is 2. The van der Waals surface area contributed by atoms with Gasteiger partial charge in [0.2, 0.25) is 0 Å². The van der Waals surface area contributed by atoms with E-state index in [1.165, 1.54) is 6.20 Å². The van der Waals surface area contributed by atoms with Crippen LogP contribution >= 0.6 is 0 Å². The largest absolute Gasteiger partial charge is 0.305 e. The Bertz CT molecular complexity index is 482. The van der Waals surface area contributed by atoms with E-state index >= 15 is 0 Å². The number of hydrogen-bond donors (Lipinski definition) is 1. The van der Waals surface area contributed by atoms with Gasteiger partial charge in [-0.25, -0.2) is 13.5 Å². The van der Waals surface area contributed by atoms with Gasteiger partial charge in [0.1, 0.15) is 0 Å². The van der Waals surface area contributed by atoms with Crippen LogP contribution in [0.5, 0.6) is 0 Å². The Balaban J connectivity index is 2.24. The first-order valence-corrected chi connectivity index (χ1v) is 5.84. The lowest BCUT2D eigenvalue weighted by molar-refractivity contribution is 0.0993. The molecule has 0 aliphatic carbocycles. The molecule has 0 saturated heterocycles. The molecule has 1 atom stereocenters. The fourth-order valence-electron chi connectivity index (χ4n) is 1.79. The van der Waals surface area contributed by atoms with Crippen molar-refractivity contribution in [2.45, 2.75) is 19.4 Å². The molecule has 0 bridgehead atoms. The van der Waals surface area contributed by atoms with Crippen LogP contribution in [0.1, 0.15) is 18.5 Å². The number of hydrogen-bond acceptors (Lipinski definition) is 2. The molecule has 1 heterocycles. The van der Waals surface area contributed by atoms with Crippen molar-refractivity contribution >= 4 is 0 Å². The van der Waals surface area contributed by atoms with E-state index < -0.39 is 12.5 Å². The van der Waals surface area contributed by atoms with Crippen molar-refractivity contribution in [3.63, 3.8) is 0 Å². The normalized spacial score (nSPS) is 12.9. The number of halogens is 2. The van der Waals surface area contributed by atoms with Crippen molar-refractivity contribution in [3.05, 3.63) is 48.3 Å². The van der Waals surface area contributed by atoms with Gasteiger partial charge in [-0.1, -0.05) is 25.1 Å². The third kappa shape index (κ3) is 2.73. The van der Waals surface area contributed by atoms with Crippen LogP contribution in [0.4, 0.5) is 8.78 Å². The maximum absolute atomic E-state index is 12.9. The second-order valence-electron chi connectivity index (χ2n) is 3.92.